The van der Waals surface area contributed by atoms with Crippen molar-refractivity contribution in [3.05, 3.63) is 10.4 Å². The smallest absolute Gasteiger partial charge is 0.256 e. The molecule has 0 aliphatic heterocycles. The van der Waals surface area contributed by atoms with Crippen molar-refractivity contribution in [3.8, 4) is 0 Å². The lowest BCUT2D eigenvalue weighted by Crippen LogP contribution is -2.21. The average molecular weight is 309 g/mol. The number of carbonyl (C=O) groups is 2. The fraction of sp³-hybridized carbons (Fsp3) is 0.600. The highest BCUT2D eigenvalue weighted by molar-refractivity contribution is 7.19. The van der Waals surface area contributed by atoms with Gasteiger partial charge < -0.3 is 16.4 Å². The number of rotatable bonds is 5. The first-order chi connectivity index (χ1) is 9.93. The van der Waals surface area contributed by atoms with Crippen molar-refractivity contribution in [1.82, 2.24) is 5.32 Å². The highest BCUT2D eigenvalue weighted by Gasteiger charge is 2.25. The highest BCUT2D eigenvalue weighted by atomic mass is 32.1. The molecule has 0 bridgehead atoms. The van der Waals surface area contributed by atoms with E-state index in [2.05, 4.69) is 17.6 Å². The Morgan fingerprint density at radius 2 is 2.10 bits per heavy atom. The van der Waals surface area contributed by atoms with Gasteiger partial charge in [0, 0.05) is 20.5 Å². The van der Waals surface area contributed by atoms with Crippen LogP contribution in [0.3, 0.4) is 0 Å². The van der Waals surface area contributed by atoms with Gasteiger partial charge in [-0.2, -0.15) is 0 Å². The van der Waals surface area contributed by atoms with Crippen molar-refractivity contribution in [1.29, 1.82) is 0 Å². The molecule has 4 N–H and O–H groups in total. The number of amides is 1. The van der Waals surface area contributed by atoms with Gasteiger partial charge in [0.2, 0.25) is 0 Å². The summed E-state index contributed by atoms with van der Waals surface area (Å²) < 4.78 is 0. The third-order valence-corrected chi connectivity index (χ3v) is 5.34. The molecule has 1 amide bonds. The summed E-state index contributed by atoms with van der Waals surface area (Å²) in [6, 6.07) is 0. The molecule has 1 aromatic rings. The van der Waals surface area contributed by atoms with Gasteiger partial charge in [0.05, 0.1) is 16.1 Å². The Kier molecular flexibility index (Phi) is 4.88. The van der Waals surface area contributed by atoms with Crippen LogP contribution in [0, 0.1) is 11.8 Å². The molecule has 6 heteroatoms. The van der Waals surface area contributed by atoms with Crippen molar-refractivity contribution in [2.45, 2.75) is 33.1 Å². The van der Waals surface area contributed by atoms with Crippen LogP contribution in [0.5, 0.6) is 0 Å². The van der Waals surface area contributed by atoms with Gasteiger partial charge in [-0.15, -0.1) is 11.3 Å². The third kappa shape index (κ3) is 3.37. The van der Waals surface area contributed by atoms with Gasteiger partial charge >= 0.3 is 0 Å². The van der Waals surface area contributed by atoms with Crippen LogP contribution in [0.1, 0.15) is 53.1 Å². The Labute approximate surface area is 129 Å². The minimum absolute atomic E-state index is 0.106. The number of nitrogens with two attached hydrogens (primary N) is 1. The van der Waals surface area contributed by atoms with Gasteiger partial charge in [0.15, 0.2) is 5.78 Å². The largest absolute Gasteiger partial charge is 0.397 e. The van der Waals surface area contributed by atoms with Gasteiger partial charge in [-0.3, -0.25) is 9.59 Å². The Hall–Kier alpha value is -1.56. The lowest BCUT2D eigenvalue weighted by molar-refractivity contribution is 0.0965. The minimum Gasteiger partial charge on any atom is -0.397 e. The molecule has 0 spiro atoms. The molecule has 1 aliphatic rings. The van der Waals surface area contributed by atoms with Crippen LogP contribution >= 0.6 is 11.3 Å². The number of hydrogen-bond donors (Lipinski definition) is 3. The molecule has 116 valence electrons. The predicted octanol–water partition coefficient (Wildman–Crippen LogP) is 2.74. The van der Waals surface area contributed by atoms with E-state index in [1.54, 1.807) is 7.05 Å². The van der Waals surface area contributed by atoms with Crippen molar-refractivity contribution in [3.63, 3.8) is 0 Å². The quantitative estimate of drug-likeness (QED) is 0.730. The van der Waals surface area contributed by atoms with E-state index in [-0.39, 0.29) is 17.4 Å². The fourth-order valence-corrected chi connectivity index (χ4v) is 3.95. The maximum absolute atomic E-state index is 12.0. The van der Waals surface area contributed by atoms with Crippen LogP contribution in [0.2, 0.25) is 0 Å². The molecule has 0 aromatic carbocycles. The second-order valence-corrected chi connectivity index (χ2v) is 6.87. The van der Waals surface area contributed by atoms with Crippen LogP contribution in [0.15, 0.2) is 0 Å². The molecule has 5 nitrogen and oxygen atoms in total. The second-order valence-electron chi connectivity index (χ2n) is 5.85. The zero-order valence-corrected chi connectivity index (χ0v) is 13.6. The Bertz CT molecular complexity index is 553. The van der Waals surface area contributed by atoms with Crippen LogP contribution in [0.4, 0.5) is 10.7 Å². The number of nitrogen functional groups attached to an aromatic ring is 1. The van der Waals surface area contributed by atoms with Crippen LogP contribution in [-0.2, 0) is 0 Å². The molecule has 1 fully saturated rings. The molecule has 1 saturated carbocycles. The van der Waals surface area contributed by atoms with Crippen molar-refractivity contribution in [2.75, 3.05) is 24.6 Å². The summed E-state index contributed by atoms with van der Waals surface area (Å²) in [5, 5.41) is 6.62. The second kappa shape index (κ2) is 6.47. The maximum atomic E-state index is 12.0. The molecule has 1 aliphatic carbocycles. The molecule has 21 heavy (non-hydrogen) atoms. The van der Waals surface area contributed by atoms with Crippen molar-refractivity contribution < 1.29 is 9.59 Å². The summed E-state index contributed by atoms with van der Waals surface area (Å²) >= 11 is 1.28. The van der Waals surface area contributed by atoms with E-state index < -0.39 is 0 Å². The first kappa shape index (κ1) is 15.8. The van der Waals surface area contributed by atoms with Gasteiger partial charge in [0.25, 0.3) is 5.91 Å². The van der Waals surface area contributed by atoms with Crippen molar-refractivity contribution in [2.24, 2.45) is 11.8 Å². The highest BCUT2D eigenvalue weighted by Crippen LogP contribution is 2.37. The monoisotopic (exact) mass is 309 g/mol. The van der Waals surface area contributed by atoms with E-state index in [0.29, 0.717) is 21.4 Å². The summed E-state index contributed by atoms with van der Waals surface area (Å²) in [4.78, 5) is 24.1. The van der Waals surface area contributed by atoms with Gasteiger partial charge in [-0.25, -0.2) is 0 Å². The summed E-state index contributed by atoms with van der Waals surface area (Å²) in [6.45, 7) is 4.57. The van der Waals surface area contributed by atoms with E-state index >= 15 is 0 Å². The van der Waals surface area contributed by atoms with E-state index in [1.165, 1.54) is 37.5 Å². The number of nitrogens with one attached hydrogen (secondary N) is 2. The molecule has 0 saturated heterocycles. The summed E-state index contributed by atoms with van der Waals surface area (Å²) in [6.07, 6.45) is 3.69. The first-order valence-electron chi connectivity index (χ1n) is 7.33. The summed E-state index contributed by atoms with van der Waals surface area (Å²) in [5.41, 5.74) is 6.66. The van der Waals surface area contributed by atoms with Gasteiger partial charge in [-0.05, 0) is 24.7 Å². The number of hydrogen-bond acceptors (Lipinski definition) is 5. The zero-order valence-electron chi connectivity index (χ0n) is 12.8. The molecule has 2 rings (SSSR count). The summed E-state index contributed by atoms with van der Waals surface area (Å²) in [7, 11) is 1.56. The normalized spacial score (nSPS) is 21.3. The molecule has 1 heterocycles. The number of ketones is 1. The molecule has 2 unspecified atom stereocenters. The summed E-state index contributed by atoms with van der Waals surface area (Å²) in [5.74, 6) is 1.04. The van der Waals surface area contributed by atoms with E-state index in [0.717, 1.165) is 12.5 Å². The van der Waals surface area contributed by atoms with Crippen LogP contribution in [-0.4, -0.2) is 25.3 Å². The third-order valence-electron chi connectivity index (χ3n) is 4.07. The Balaban J connectivity index is 2.19. The topological polar surface area (TPSA) is 84.2 Å². The van der Waals surface area contributed by atoms with Gasteiger partial charge in [-0.1, -0.05) is 13.3 Å². The number of thiophene rings is 1. The SMILES string of the molecule is CNC(=O)c1c(NCC2CCC(C)C2)sc(C(C)=O)c1N. The Morgan fingerprint density at radius 1 is 1.38 bits per heavy atom. The lowest BCUT2D eigenvalue weighted by Gasteiger charge is -2.12. The number of anilines is 2. The standard InChI is InChI=1S/C15H23N3O2S/c1-8-4-5-10(6-8)7-18-15-11(14(20)17-3)12(16)13(21-15)9(2)19/h8,10,18H,4-7,16H2,1-3H3,(H,17,20). The minimum atomic E-state index is -0.251. The van der Waals surface area contributed by atoms with E-state index in [9.17, 15) is 9.59 Å². The molecule has 0 radical (unpaired) electrons. The lowest BCUT2D eigenvalue weighted by atomic mass is 10.1. The fourth-order valence-electron chi connectivity index (χ4n) is 2.93. The average Bonchev–Trinajstić information content (AvgIpc) is 2.99. The molecule has 2 atom stereocenters. The van der Waals surface area contributed by atoms with Crippen LogP contribution in [0.25, 0.3) is 0 Å². The van der Waals surface area contributed by atoms with Crippen LogP contribution < -0.4 is 16.4 Å². The first-order valence-corrected chi connectivity index (χ1v) is 8.14. The van der Waals surface area contributed by atoms with Crippen molar-refractivity contribution >= 4 is 33.7 Å². The molecular weight excluding hydrogens is 286 g/mol. The van der Waals surface area contributed by atoms with Gasteiger partial charge in [0.1, 0.15) is 5.00 Å². The molecule has 1 aromatic heterocycles. The number of Topliss-reactive ketones (excluding diaryl/α,β-unsaturated/α-hetero) is 1. The van der Waals surface area contributed by atoms with E-state index in [1.807, 2.05) is 0 Å². The zero-order chi connectivity index (χ0) is 15.6. The Morgan fingerprint density at radius 3 is 2.62 bits per heavy atom. The maximum Gasteiger partial charge on any atom is 0.256 e. The number of carbonyl (C=O) groups excluding carboxylic acids is 2. The molecular formula is C15H23N3O2S. The van der Waals surface area contributed by atoms with E-state index in [4.69, 9.17) is 5.73 Å². The predicted molar refractivity (Wildman–Crippen MR) is 87.1 cm³/mol.